The monoisotopic (exact) mass is 371 g/mol. The molecule has 0 bridgehead atoms. The Morgan fingerprint density at radius 2 is 2.12 bits per heavy atom. The maximum absolute atomic E-state index is 13.8. The first-order valence-electron chi connectivity index (χ1n) is 8.04. The molecule has 3 unspecified atom stereocenters. The molecule has 0 spiro atoms. The number of rotatable bonds is 2. The average Bonchev–Trinajstić information content (AvgIpc) is 2.90. The maximum atomic E-state index is 13.8. The number of nitro benzene ring substituents is 1. The Hall–Kier alpha value is -2.49. The summed E-state index contributed by atoms with van der Waals surface area (Å²) in [6.07, 6.45) is -3.99. The number of alkyl halides is 3. The lowest BCUT2D eigenvalue weighted by atomic mass is 9.75. The molecule has 1 N–H and O–H groups in total. The number of aliphatic hydroxyl groups is 1. The molecule has 2 aliphatic rings. The zero-order chi connectivity index (χ0) is 19.3. The third-order valence-electron chi connectivity index (χ3n) is 4.93. The Labute approximate surface area is 146 Å². The lowest BCUT2D eigenvalue weighted by Crippen LogP contribution is -2.61. The van der Waals surface area contributed by atoms with Gasteiger partial charge in [0.05, 0.1) is 10.8 Å². The second-order valence-corrected chi connectivity index (χ2v) is 6.56. The van der Waals surface area contributed by atoms with Crippen LogP contribution in [0.4, 0.5) is 18.9 Å². The van der Waals surface area contributed by atoms with E-state index < -0.39 is 34.3 Å². The predicted octanol–water partition coefficient (Wildman–Crippen LogP) is 3.09. The second-order valence-electron chi connectivity index (χ2n) is 6.56. The zero-order valence-corrected chi connectivity index (χ0v) is 13.7. The minimum atomic E-state index is -5.13. The fourth-order valence-corrected chi connectivity index (χ4v) is 3.58. The smallest absolute Gasteiger partial charge is 0.362 e. The second kappa shape index (κ2) is 6.04. The predicted molar refractivity (Wildman–Crippen MR) is 84.2 cm³/mol. The van der Waals surface area contributed by atoms with E-state index in [1.54, 1.807) is 6.92 Å². The summed E-state index contributed by atoms with van der Waals surface area (Å²) in [4.78, 5) is 22.8. The van der Waals surface area contributed by atoms with E-state index in [1.807, 2.05) is 0 Å². The van der Waals surface area contributed by atoms with Gasteiger partial charge in [0.2, 0.25) is 0 Å². The Kier molecular flexibility index (Phi) is 4.26. The number of hydrazone groups is 1. The lowest BCUT2D eigenvalue weighted by molar-refractivity contribution is -0.384. The van der Waals surface area contributed by atoms with Gasteiger partial charge in [0.15, 0.2) is 0 Å². The van der Waals surface area contributed by atoms with Crippen molar-refractivity contribution in [1.82, 2.24) is 5.01 Å². The number of hydrogen-bond donors (Lipinski definition) is 1. The molecule has 1 aromatic rings. The molecule has 0 aromatic heterocycles. The van der Waals surface area contributed by atoms with Crippen LogP contribution >= 0.6 is 0 Å². The van der Waals surface area contributed by atoms with E-state index in [9.17, 15) is 33.2 Å². The van der Waals surface area contributed by atoms with Crippen molar-refractivity contribution < 1.29 is 28.0 Å². The summed E-state index contributed by atoms with van der Waals surface area (Å²) in [6, 6.07) is 4.32. The molecular weight excluding hydrogens is 355 g/mol. The van der Waals surface area contributed by atoms with Crippen LogP contribution in [-0.2, 0) is 0 Å². The highest BCUT2D eigenvalue weighted by molar-refractivity contribution is 6.00. The standard InChI is InChI=1S/C16H16F3N3O4/c1-9-4-2-7-12-13(9)20-21(15(12,24)16(17,18)19)14(23)10-5-3-6-11(8-10)22(25)26/h3,5-6,8-9,12,24H,2,4,7H2,1H3. The number of halogens is 3. The summed E-state index contributed by atoms with van der Waals surface area (Å²) < 4.78 is 41.3. The Balaban J connectivity index is 2.07. The van der Waals surface area contributed by atoms with Gasteiger partial charge in [-0.2, -0.15) is 23.3 Å². The number of nitrogens with zero attached hydrogens (tertiary/aromatic N) is 3. The molecule has 3 rings (SSSR count). The summed E-state index contributed by atoms with van der Waals surface area (Å²) in [5, 5.41) is 25.3. The maximum Gasteiger partial charge on any atom is 0.439 e. The Morgan fingerprint density at radius 1 is 1.42 bits per heavy atom. The summed E-state index contributed by atoms with van der Waals surface area (Å²) in [5.74, 6) is -2.87. The van der Waals surface area contributed by atoms with Crippen molar-refractivity contribution in [3.05, 3.63) is 39.9 Å². The molecule has 1 heterocycles. The number of fused-ring (bicyclic) bond motifs is 1. The average molecular weight is 371 g/mol. The quantitative estimate of drug-likeness (QED) is 0.638. The third-order valence-corrected chi connectivity index (χ3v) is 4.93. The molecule has 26 heavy (non-hydrogen) atoms. The Bertz CT molecular complexity index is 795. The van der Waals surface area contributed by atoms with Crippen LogP contribution in [0.15, 0.2) is 29.4 Å². The molecule has 0 saturated heterocycles. The van der Waals surface area contributed by atoms with Gasteiger partial charge in [-0.1, -0.05) is 19.4 Å². The van der Waals surface area contributed by atoms with Crippen LogP contribution in [0.3, 0.4) is 0 Å². The van der Waals surface area contributed by atoms with E-state index in [4.69, 9.17) is 0 Å². The molecule has 140 valence electrons. The highest BCUT2D eigenvalue weighted by Crippen LogP contribution is 2.49. The molecular formula is C16H16F3N3O4. The Morgan fingerprint density at radius 3 is 2.73 bits per heavy atom. The fraction of sp³-hybridized carbons (Fsp3) is 0.500. The van der Waals surface area contributed by atoms with Crippen molar-refractivity contribution in [3.63, 3.8) is 0 Å². The first-order valence-corrected chi connectivity index (χ1v) is 8.04. The van der Waals surface area contributed by atoms with E-state index in [0.29, 0.717) is 12.8 Å². The highest BCUT2D eigenvalue weighted by atomic mass is 19.4. The van der Waals surface area contributed by atoms with E-state index in [0.717, 1.165) is 18.2 Å². The van der Waals surface area contributed by atoms with Gasteiger partial charge in [-0.3, -0.25) is 14.9 Å². The number of non-ortho nitro benzene ring substituents is 1. The van der Waals surface area contributed by atoms with Crippen LogP contribution < -0.4 is 0 Å². The van der Waals surface area contributed by atoms with Crippen LogP contribution in [-0.4, -0.2) is 38.6 Å². The lowest BCUT2D eigenvalue weighted by Gasteiger charge is -2.39. The third kappa shape index (κ3) is 2.64. The summed E-state index contributed by atoms with van der Waals surface area (Å²) in [6.45, 7) is 1.70. The molecule has 1 fully saturated rings. The van der Waals surface area contributed by atoms with Crippen molar-refractivity contribution in [1.29, 1.82) is 0 Å². The van der Waals surface area contributed by atoms with Crippen LogP contribution in [0, 0.1) is 22.0 Å². The summed E-state index contributed by atoms with van der Waals surface area (Å²) in [5.41, 5.74) is -4.12. The minimum absolute atomic E-state index is 0.0495. The van der Waals surface area contributed by atoms with Crippen LogP contribution in [0.5, 0.6) is 0 Å². The fourth-order valence-electron chi connectivity index (χ4n) is 3.58. The highest BCUT2D eigenvalue weighted by Gasteiger charge is 2.69. The van der Waals surface area contributed by atoms with E-state index in [1.165, 1.54) is 6.07 Å². The van der Waals surface area contributed by atoms with Crippen molar-refractivity contribution >= 4 is 17.3 Å². The van der Waals surface area contributed by atoms with Gasteiger partial charge < -0.3 is 5.11 Å². The molecule has 1 amide bonds. The van der Waals surface area contributed by atoms with Gasteiger partial charge in [0.1, 0.15) is 0 Å². The van der Waals surface area contributed by atoms with Crippen molar-refractivity contribution in [2.75, 3.05) is 0 Å². The number of benzene rings is 1. The van der Waals surface area contributed by atoms with E-state index in [-0.39, 0.29) is 28.6 Å². The first kappa shape index (κ1) is 18.3. The van der Waals surface area contributed by atoms with Crippen LogP contribution in [0.25, 0.3) is 0 Å². The molecule has 0 radical (unpaired) electrons. The van der Waals surface area contributed by atoms with Gasteiger partial charge >= 0.3 is 6.18 Å². The van der Waals surface area contributed by atoms with Crippen LogP contribution in [0.2, 0.25) is 0 Å². The van der Waals surface area contributed by atoms with Crippen LogP contribution in [0.1, 0.15) is 36.5 Å². The molecule has 10 heteroatoms. The number of hydrogen-bond acceptors (Lipinski definition) is 5. The van der Waals surface area contributed by atoms with Crippen molar-refractivity contribution in [2.45, 2.75) is 38.1 Å². The zero-order valence-electron chi connectivity index (χ0n) is 13.7. The number of carbonyl (C=O) groups is 1. The van der Waals surface area contributed by atoms with E-state index in [2.05, 4.69) is 5.10 Å². The van der Waals surface area contributed by atoms with Gasteiger partial charge in [-0.15, -0.1) is 0 Å². The largest absolute Gasteiger partial charge is 0.439 e. The molecule has 1 saturated carbocycles. The number of amides is 1. The van der Waals surface area contributed by atoms with E-state index >= 15 is 0 Å². The van der Waals surface area contributed by atoms with Crippen molar-refractivity contribution in [3.8, 4) is 0 Å². The number of carbonyl (C=O) groups excluding carboxylic acids is 1. The van der Waals surface area contributed by atoms with Gasteiger partial charge in [-0.05, 0) is 24.8 Å². The van der Waals surface area contributed by atoms with Gasteiger partial charge in [0, 0.05) is 23.4 Å². The topological polar surface area (TPSA) is 96.0 Å². The number of nitro groups is 1. The van der Waals surface area contributed by atoms with Gasteiger partial charge in [-0.25, -0.2) is 0 Å². The molecule has 1 aromatic carbocycles. The normalized spacial score (nSPS) is 28.5. The van der Waals surface area contributed by atoms with Crippen molar-refractivity contribution in [2.24, 2.45) is 16.9 Å². The summed E-state index contributed by atoms with van der Waals surface area (Å²) >= 11 is 0. The minimum Gasteiger partial charge on any atom is -0.362 e. The first-order chi connectivity index (χ1) is 12.1. The van der Waals surface area contributed by atoms with Gasteiger partial charge in [0.25, 0.3) is 17.3 Å². The molecule has 3 atom stereocenters. The molecule has 1 aliphatic carbocycles. The molecule has 1 aliphatic heterocycles. The molecule has 7 nitrogen and oxygen atoms in total. The SMILES string of the molecule is CC1CCCC2C1=NN(C(=O)c1cccc([N+](=O)[O-])c1)C2(O)C(F)(F)F. The summed E-state index contributed by atoms with van der Waals surface area (Å²) in [7, 11) is 0.